The topological polar surface area (TPSA) is 0 Å². The van der Waals surface area contributed by atoms with Crippen LogP contribution in [0.15, 0.2) is 11.6 Å². The quantitative estimate of drug-likeness (QED) is 0.384. The maximum atomic E-state index is 2.84. The van der Waals surface area contributed by atoms with Crippen molar-refractivity contribution in [2.45, 2.75) is 127 Å². The van der Waals surface area contributed by atoms with Crippen LogP contribution in [0.25, 0.3) is 0 Å². The van der Waals surface area contributed by atoms with E-state index in [0.29, 0.717) is 21.7 Å². The van der Waals surface area contributed by atoms with Crippen molar-refractivity contribution >= 4 is 0 Å². The third-order valence-corrected chi connectivity index (χ3v) is 12.6. The Morgan fingerprint density at radius 3 is 2.26 bits per heavy atom. The van der Waals surface area contributed by atoms with Gasteiger partial charge in [-0.15, -0.1) is 0 Å². The molecule has 0 spiro atoms. The normalized spacial score (nSPS) is 47.4. The first-order valence-corrected chi connectivity index (χ1v) is 14.1. The molecule has 0 heterocycles. The van der Waals surface area contributed by atoms with Gasteiger partial charge in [0.1, 0.15) is 0 Å². The summed E-state index contributed by atoms with van der Waals surface area (Å²) < 4.78 is 0. The van der Waals surface area contributed by atoms with Crippen LogP contribution in [0.4, 0.5) is 0 Å². The number of hydrogen-bond donors (Lipinski definition) is 0. The van der Waals surface area contributed by atoms with E-state index in [-0.39, 0.29) is 0 Å². The Kier molecular flexibility index (Phi) is 6.09. The average molecular weight is 427 g/mol. The van der Waals surface area contributed by atoms with E-state index in [4.69, 9.17) is 0 Å². The Morgan fingerprint density at radius 1 is 0.871 bits per heavy atom. The summed E-state index contributed by atoms with van der Waals surface area (Å²) in [5, 5.41) is 0. The maximum absolute atomic E-state index is 2.84. The molecular formula is C31H54. The number of hydrogen-bond acceptors (Lipinski definition) is 0. The summed E-state index contributed by atoms with van der Waals surface area (Å²) >= 11 is 0. The van der Waals surface area contributed by atoms with E-state index in [2.05, 4.69) is 68.4 Å². The molecule has 4 aliphatic carbocycles. The first-order chi connectivity index (χ1) is 14.4. The fraction of sp³-hybridized carbons (Fsp3) is 0.935. The van der Waals surface area contributed by atoms with Crippen LogP contribution >= 0.6 is 0 Å². The lowest BCUT2D eigenvalue weighted by atomic mass is 9.40. The maximum Gasteiger partial charge on any atom is -0.00799 e. The molecule has 0 aliphatic heterocycles. The predicted molar refractivity (Wildman–Crippen MR) is 136 cm³/mol. The number of fused-ring (bicyclic) bond motifs is 5. The minimum atomic E-state index is 0.463. The highest BCUT2D eigenvalue weighted by molar-refractivity contribution is 5.32. The minimum absolute atomic E-state index is 0.463. The minimum Gasteiger partial charge on any atom is -0.0839 e. The third-order valence-electron chi connectivity index (χ3n) is 12.6. The van der Waals surface area contributed by atoms with E-state index in [1.807, 2.05) is 5.57 Å². The molecule has 4 rings (SSSR count). The van der Waals surface area contributed by atoms with Crippen molar-refractivity contribution in [3.05, 3.63) is 11.6 Å². The third kappa shape index (κ3) is 3.43. The van der Waals surface area contributed by atoms with Gasteiger partial charge in [0, 0.05) is 0 Å². The summed E-state index contributed by atoms with van der Waals surface area (Å²) in [6, 6.07) is 0. The Hall–Kier alpha value is -0.260. The Balaban J connectivity index is 1.61. The van der Waals surface area contributed by atoms with Gasteiger partial charge in [-0.05, 0) is 102 Å². The smallest absolute Gasteiger partial charge is 0.00799 e. The van der Waals surface area contributed by atoms with Crippen LogP contribution in [0, 0.1) is 57.2 Å². The standard InChI is InChI=1S/C31H54/c1-21(2)11-10-12-22(3)24-16-19-31(9)26-13-14-27-28(5,6)23(4)15-18-29(27,7)25(26)17-20-30(24,31)8/h17,21-24,26-27H,10-16,18-20H2,1-9H3. The van der Waals surface area contributed by atoms with Crippen LogP contribution in [0.5, 0.6) is 0 Å². The zero-order chi connectivity index (χ0) is 22.8. The lowest BCUT2D eigenvalue weighted by Gasteiger charge is -2.64. The predicted octanol–water partition coefficient (Wildman–Crippen LogP) is 9.69. The lowest BCUT2D eigenvalue weighted by molar-refractivity contribution is -0.0871. The summed E-state index contributed by atoms with van der Waals surface area (Å²) in [6.07, 6.45) is 17.2. The van der Waals surface area contributed by atoms with Crippen LogP contribution in [-0.4, -0.2) is 0 Å². The molecule has 3 fully saturated rings. The van der Waals surface area contributed by atoms with Crippen LogP contribution in [0.3, 0.4) is 0 Å². The molecular weight excluding hydrogens is 372 g/mol. The van der Waals surface area contributed by atoms with Crippen molar-refractivity contribution in [1.29, 1.82) is 0 Å². The van der Waals surface area contributed by atoms with Crippen LogP contribution in [0.2, 0.25) is 0 Å². The second-order valence-electron chi connectivity index (χ2n) is 14.5. The second-order valence-corrected chi connectivity index (χ2v) is 14.5. The molecule has 0 saturated heterocycles. The lowest BCUT2D eigenvalue weighted by Crippen LogP contribution is -2.56. The van der Waals surface area contributed by atoms with Crippen LogP contribution in [0.1, 0.15) is 127 Å². The molecule has 0 aromatic carbocycles. The van der Waals surface area contributed by atoms with Gasteiger partial charge >= 0.3 is 0 Å². The molecule has 0 aromatic rings. The zero-order valence-corrected chi connectivity index (χ0v) is 22.6. The number of allylic oxidation sites excluding steroid dienone is 2. The van der Waals surface area contributed by atoms with Gasteiger partial charge in [-0.2, -0.15) is 0 Å². The first-order valence-electron chi connectivity index (χ1n) is 14.1. The molecule has 0 aromatic heterocycles. The Morgan fingerprint density at radius 2 is 1.58 bits per heavy atom. The zero-order valence-electron chi connectivity index (χ0n) is 22.6. The van der Waals surface area contributed by atoms with E-state index in [0.717, 1.165) is 35.5 Å². The van der Waals surface area contributed by atoms with E-state index >= 15 is 0 Å². The SMILES string of the molecule is CC(C)CCCC(C)C1CCC2(C)C3CCC4C(C)(CCC(C)C4(C)C)C3=CCC12C. The summed E-state index contributed by atoms with van der Waals surface area (Å²) in [5.74, 6) is 5.28. The summed E-state index contributed by atoms with van der Waals surface area (Å²) in [4.78, 5) is 0. The van der Waals surface area contributed by atoms with Crippen LogP contribution in [-0.2, 0) is 0 Å². The van der Waals surface area contributed by atoms with Crippen molar-refractivity contribution in [1.82, 2.24) is 0 Å². The van der Waals surface area contributed by atoms with Crippen molar-refractivity contribution in [2.75, 3.05) is 0 Å². The van der Waals surface area contributed by atoms with Gasteiger partial charge in [0.25, 0.3) is 0 Å². The van der Waals surface area contributed by atoms with Gasteiger partial charge in [0.05, 0.1) is 0 Å². The van der Waals surface area contributed by atoms with Crippen LogP contribution < -0.4 is 0 Å². The largest absolute Gasteiger partial charge is 0.0839 e. The van der Waals surface area contributed by atoms with Gasteiger partial charge in [-0.1, -0.05) is 93.2 Å². The van der Waals surface area contributed by atoms with Crippen molar-refractivity contribution in [2.24, 2.45) is 57.2 Å². The van der Waals surface area contributed by atoms with E-state index in [1.165, 1.54) is 64.2 Å². The van der Waals surface area contributed by atoms with Gasteiger partial charge in [-0.25, -0.2) is 0 Å². The first kappa shape index (κ1) is 23.9. The second kappa shape index (κ2) is 7.91. The molecule has 8 atom stereocenters. The molecule has 0 bridgehead atoms. The van der Waals surface area contributed by atoms with Gasteiger partial charge < -0.3 is 0 Å². The van der Waals surface area contributed by atoms with Crippen molar-refractivity contribution < 1.29 is 0 Å². The molecule has 4 aliphatic rings. The molecule has 0 heteroatoms. The number of rotatable bonds is 5. The fourth-order valence-corrected chi connectivity index (χ4v) is 9.91. The highest BCUT2D eigenvalue weighted by atomic mass is 14.7. The van der Waals surface area contributed by atoms with Gasteiger partial charge in [0.2, 0.25) is 0 Å². The monoisotopic (exact) mass is 426 g/mol. The van der Waals surface area contributed by atoms with Gasteiger partial charge in [-0.3, -0.25) is 0 Å². The highest BCUT2D eigenvalue weighted by Gasteiger charge is 2.64. The molecule has 0 amide bonds. The van der Waals surface area contributed by atoms with E-state index in [9.17, 15) is 0 Å². The molecule has 8 unspecified atom stereocenters. The summed E-state index contributed by atoms with van der Waals surface area (Å²) in [5.41, 5.74) is 3.92. The Bertz CT molecular complexity index is 697. The Labute approximate surface area is 195 Å². The molecule has 0 radical (unpaired) electrons. The summed E-state index contributed by atoms with van der Waals surface area (Å²) in [7, 11) is 0. The highest BCUT2D eigenvalue weighted by Crippen LogP contribution is 2.73. The van der Waals surface area contributed by atoms with Crippen molar-refractivity contribution in [3.8, 4) is 0 Å². The van der Waals surface area contributed by atoms with Crippen molar-refractivity contribution in [3.63, 3.8) is 0 Å². The fourth-order valence-electron chi connectivity index (χ4n) is 9.91. The average Bonchev–Trinajstić information content (AvgIpc) is 2.96. The van der Waals surface area contributed by atoms with E-state index in [1.54, 1.807) is 0 Å². The molecule has 0 N–H and O–H groups in total. The summed E-state index contributed by atoms with van der Waals surface area (Å²) in [6.45, 7) is 23.2. The molecule has 0 nitrogen and oxygen atoms in total. The molecule has 178 valence electrons. The van der Waals surface area contributed by atoms with Gasteiger partial charge in [0.15, 0.2) is 0 Å². The van der Waals surface area contributed by atoms with E-state index < -0.39 is 0 Å². The molecule has 31 heavy (non-hydrogen) atoms. The molecule has 3 saturated carbocycles.